The van der Waals surface area contributed by atoms with Crippen molar-refractivity contribution in [3.05, 3.63) is 29.8 Å². The monoisotopic (exact) mass is 267 g/mol. The van der Waals surface area contributed by atoms with Crippen LogP contribution in [0.2, 0.25) is 0 Å². The van der Waals surface area contributed by atoms with E-state index in [2.05, 4.69) is 13.8 Å². The van der Waals surface area contributed by atoms with E-state index in [0.29, 0.717) is 23.9 Å². The Balaban J connectivity index is 2.19. The Labute approximate surface area is 110 Å². The fraction of sp³-hybridized carbons (Fsp3) is 0.571. The van der Waals surface area contributed by atoms with E-state index in [1.807, 2.05) is 12.1 Å². The molecule has 0 N–H and O–H groups in total. The van der Waals surface area contributed by atoms with Gasteiger partial charge in [-0.15, -0.1) is 0 Å². The first kappa shape index (κ1) is 13.6. The second kappa shape index (κ2) is 5.41. The molecule has 0 saturated carbocycles. The number of benzene rings is 1. The first-order chi connectivity index (χ1) is 8.54. The van der Waals surface area contributed by atoms with Crippen molar-refractivity contribution >= 4 is 10.0 Å². The van der Waals surface area contributed by atoms with Crippen molar-refractivity contribution in [2.75, 3.05) is 13.1 Å². The third-order valence-corrected chi connectivity index (χ3v) is 5.62. The van der Waals surface area contributed by atoms with Crippen molar-refractivity contribution in [2.24, 2.45) is 5.92 Å². The maximum Gasteiger partial charge on any atom is 0.243 e. The Morgan fingerprint density at radius 1 is 1.17 bits per heavy atom. The van der Waals surface area contributed by atoms with Gasteiger partial charge >= 0.3 is 0 Å². The average Bonchev–Trinajstić information content (AvgIpc) is 2.39. The van der Waals surface area contributed by atoms with Gasteiger partial charge in [0, 0.05) is 13.1 Å². The van der Waals surface area contributed by atoms with Crippen molar-refractivity contribution in [3.63, 3.8) is 0 Å². The number of aryl methyl sites for hydroxylation is 1. The third-order valence-electron chi connectivity index (χ3n) is 3.71. The molecule has 1 heterocycles. The van der Waals surface area contributed by atoms with E-state index < -0.39 is 10.0 Å². The molecule has 0 atom stereocenters. The number of sulfonamides is 1. The van der Waals surface area contributed by atoms with Gasteiger partial charge in [0.05, 0.1) is 4.90 Å². The predicted molar refractivity (Wildman–Crippen MR) is 73.0 cm³/mol. The zero-order chi connectivity index (χ0) is 13.2. The summed E-state index contributed by atoms with van der Waals surface area (Å²) in [5.74, 6) is 0.638. The molecule has 0 amide bonds. The Hall–Kier alpha value is -0.870. The third kappa shape index (κ3) is 2.75. The molecule has 0 bridgehead atoms. The van der Waals surface area contributed by atoms with Gasteiger partial charge in [-0.2, -0.15) is 4.31 Å². The maximum absolute atomic E-state index is 12.4. The summed E-state index contributed by atoms with van der Waals surface area (Å²) in [6.07, 6.45) is 2.86. The number of hydrogen-bond donors (Lipinski definition) is 0. The fourth-order valence-corrected chi connectivity index (χ4v) is 3.74. The van der Waals surface area contributed by atoms with Crippen LogP contribution in [0, 0.1) is 5.92 Å². The Morgan fingerprint density at radius 2 is 1.72 bits per heavy atom. The maximum atomic E-state index is 12.4. The lowest BCUT2D eigenvalue weighted by Crippen LogP contribution is -2.37. The number of hydrogen-bond acceptors (Lipinski definition) is 2. The summed E-state index contributed by atoms with van der Waals surface area (Å²) in [7, 11) is -3.28. The summed E-state index contributed by atoms with van der Waals surface area (Å²) in [5.41, 5.74) is 1.17. The van der Waals surface area contributed by atoms with Crippen LogP contribution < -0.4 is 0 Å². The minimum absolute atomic E-state index is 0.425. The van der Waals surface area contributed by atoms with Crippen LogP contribution in [0.15, 0.2) is 29.2 Å². The van der Waals surface area contributed by atoms with Gasteiger partial charge in [0.2, 0.25) is 10.0 Å². The molecule has 2 rings (SSSR count). The van der Waals surface area contributed by atoms with E-state index in [1.165, 1.54) is 5.56 Å². The quantitative estimate of drug-likeness (QED) is 0.844. The lowest BCUT2D eigenvalue weighted by Gasteiger charge is -2.29. The van der Waals surface area contributed by atoms with Gasteiger partial charge in [0.15, 0.2) is 0 Å². The second-order valence-electron chi connectivity index (χ2n) is 5.08. The molecule has 18 heavy (non-hydrogen) atoms. The zero-order valence-electron chi connectivity index (χ0n) is 11.1. The Kier molecular flexibility index (Phi) is 4.07. The number of nitrogens with zero attached hydrogens (tertiary/aromatic N) is 1. The molecule has 1 aromatic rings. The standard InChI is InChI=1S/C14H21NO2S/c1-3-13-4-6-14(7-5-13)18(16,17)15-10-8-12(2)9-11-15/h4-7,12H,3,8-11H2,1-2H3. The molecule has 0 aliphatic carbocycles. The first-order valence-corrected chi connectivity index (χ1v) is 8.07. The minimum atomic E-state index is -3.28. The normalized spacial score (nSPS) is 19.0. The van der Waals surface area contributed by atoms with E-state index in [-0.39, 0.29) is 0 Å². The summed E-state index contributed by atoms with van der Waals surface area (Å²) in [6.45, 7) is 5.55. The van der Waals surface area contributed by atoms with Crippen LogP contribution in [-0.2, 0) is 16.4 Å². The molecule has 0 unspecified atom stereocenters. The highest BCUT2D eigenvalue weighted by Gasteiger charge is 2.27. The first-order valence-electron chi connectivity index (χ1n) is 6.63. The zero-order valence-corrected chi connectivity index (χ0v) is 11.9. The largest absolute Gasteiger partial charge is 0.243 e. The van der Waals surface area contributed by atoms with Gasteiger partial charge in [0.1, 0.15) is 0 Å². The predicted octanol–water partition coefficient (Wildman–Crippen LogP) is 2.67. The van der Waals surface area contributed by atoms with Crippen LogP contribution in [0.1, 0.15) is 32.3 Å². The van der Waals surface area contributed by atoms with Gasteiger partial charge in [-0.3, -0.25) is 0 Å². The van der Waals surface area contributed by atoms with Crippen molar-refractivity contribution < 1.29 is 8.42 Å². The van der Waals surface area contributed by atoms with Gasteiger partial charge in [-0.05, 0) is 42.9 Å². The van der Waals surface area contributed by atoms with Crippen molar-refractivity contribution in [1.82, 2.24) is 4.31 Å². The number of piperidine rings is 1. The second-order valence-corrected chi connectivity index (χ2v) is 7.02. The summed E-state index contributed by atoms with van der Waals surface area (Å²) < 4.78 is 26.5. The van der Waals surface area contributed by atoms with E-state index in [4.69, 9.17) is 0 Å². The van der Waals surface area contributed by atoms with Crippen LogP contribution in [0.3, 0.4) is 0 Å². The van der Waals surface area contributed by atoms with E-state index >= 15 is 0 Å². The van der Waals surface area contributed by atoms with Gasteiger partial charge in [-0.25, -0.2) is 8.42 Å². The number of rotatable bonds is 3. The van der Waals surface area contributed by atoms with Crippen molar-refractivity contribution in [1.29, 1.82) is 0 Å². The smallest absolute Gasteiger partial charge is 0.207 e. The fourth-order valence-electron chi connectivity index (χ4n) is 2.27. The van der Waals surface area contributed by atoms with E-state index in [1.54, 1.807) is 16.4 Å². The van der Waals surface area contributed by atoms with Crippen molar-refractivity contribution in [3.8, 4) is 0 Å². The molecule has 1 aromatic carbocycles. The molecule has 0 spiro atoms. The van der Waals surface area contributed by atoms with Crippen LogP contribution in [-0.4, -0.2) is 25.8 Å². The van der Waals surface area contributed by atoms with Gasteiger partial charge < -0.3 is 0 Å². The lowest BCUT2D eigenvalue weighted by atomic mass is 10.0. The summed E-state index contributed by atoms with van der Waals surface area (Å²) in [4.78, 5) is 0.425. The van der Waals surface area contributed by atoms with Crippen LogP contribution in [0.5, 0.6) is 0 Å². The Morgan fingerprint density at radius 3 is 2.22 bits per heavy atom. The Bertz CT molecular complexity index is 485. The average molecular weight is 267 g/mol. The van der Waals surface area contributed by atoms with E-state index in [0.717, 1.165) is 19.3 Å². The van der Waals surface area contributed by atoms with Crippen LogP contribution in [0.4, 0.5) is 0 Å². The van der Waals surface area contributed by atoms with Crippen LogP contribution >= 0.6 is 0 Å². The molecule has 100 valence electrons. The van der Waals surface area contributed by atoms with E-state index in [9.17, 15) is 8.42 Å². The highest BCUT2D eigenvalue weighted by molar-refractivity contribution is 7.89. The van der Waals surface area contributed by atoms with Gasteiger partial charge in [0.25, 0.3) is 0 Å². The molecule has 1 aliphatic heterocycles. The molecule has 4 heteroatoms. The molecule has 0 aromatic heterocycles. The SMILES string of the molecule is CCc1ccc(S(=O)(=O)N2CCC(C)CC2)cc1. The molecule has 3 nitrogen and oxygen atoms in total. The summed E-state index contributed by atoms with van der Waals surface area (Å²) in [6, 6.07) is 7.26. The summed E-state index contributed by atoms with van der Waals surface area (Å²) >= 11 is 0. The molecule has 1 aliphatic rings. The van der Waals surface area contributed by atoms with Gasteiger partial charge in [-0.1, -0.05) is 26.0 Å². The minimum Gasteiger partial charge on any atom is -0.207 e. The molecule has 1 fully saturated rings. The molecular weight excluding hydrogens is 246 g/mol. The highest BCUT2D eigenvalue weighted by atomic mass is 32.2. The topological polar surface area (TPSA) is 37.4 Å². The molecule has 1 saturated heterocycles. The molecule has 0 radical (unpaired) electrons. The summed E-state index contributed by atoms with van der Waals surface area (Å²) in [5, 5.41) is 0. The molecular formula is C14H21NO2S. The highest BCUT2D eigenvalue weighted by Crippen LogP contribution is 2.23. The lowest BCUT2D eigenvalue weighted by molar-refractivity contribution is 0.288. The van der Waals surface area contributed by atoms with Crippen molar-refractivity contribution in [2.45, 2.75) is 38.0 Å². The van der Waals surface area contributed by atoms with Crippen LogP contribution in [0.25, 0.3) is 0 Å².